The summed E-state index contributed by atoms with van der Waals surface area (Å²) in [4.78, 5) is 10.8. The van der Waals surface area contributed by atoms with E-state index in [1.54, 1.807) is 18.3 Å². The van der Waals surface area contributed by atoms with Crippen LogP contribution < -0.4 is 25.0 Å². The summed E-state index contributed by atoms with van der Waals surface area (Å²) in [7, 11) is 5.37. The molecule has 0 saturated carbocycles. The molecule has 1 aromatic heterocycles. The fourth-order valence-electron chi connectivity index (χ4n) is 2.53. The van der Waals surface area contributed by atoms with Crippen LogP contribution in [0.4, 0.5) is 14.6 Å². The third-order valence-electron chi connectivity index (χ3n) is 3.96. The van der Waals surface area contributed by atoms with Gasteiger partial charge in [-0.2, -0.15) is 8.78 Å². The number of hydrogen-bond donors (Lipinski definition) is 2. The first-order valence-corrected chi connectivity index (χ1v) is 9.19. The number of pyridine rings is 1. The summed E-state index contributed by atoms with van der Waals surface area (Å²) < 4.78 is 35.1. The second kappa shape index (κ2) is 11.0. The van der Waals surface area contributed by atoms with Crippen LogP contribution >= 0.6 is 0 Å². The van der Waals surface area contributed by atoms with E-state index in [0.717, 1.165) is 11.4 Å². The van der Waals surface area contributed by atoms with Gasteiger partial charge in [-0.05, 0) is 42.8 Å². The van der Waals surface area contributed by atoms with E-state index in [1.165, 1.54) is 13.2 Å². The number of rotatable bonds is 9. The Bertz CT molecular complexity index is 815. The second-order valence-electron chi connectivity index (χ2n) is 6.32. The third kappa shape index (κ3) is 7.10. The monoisotopic (exact) mass is 407 g/mol. The number of guanidine groups is 1. The topological polar surface area (TPSA) is 71.0 Å². The van der Waals surface area contributed by atoms with Crippen molar-refractivity contribution in [3.05, 3.63) is 47.7 Å². The van der Waals surface area contributed by atoms with E-state index in [9.17, 15) is 8.78 Å². The molecule has 2 aromatic rings. The first-order chi connectivity index (χ1) is 13.9. The number of aliphatic imine (C=N–C) groups is 1. The van der Waals surface area contributed by atoms with Gasteiger partial charge in [-0.25, -0.2) is 9.98 Å². The van der Waals surface area contributed by atoms with Gasteiger partial charge in [-0.15, -0.1) is 0 Å². The van der Waals surface area contributed by atoms with Gasteiger partial charge in [0.15, 0.2) is 5.96 Å². The molecule has 2 N–H and O–H groups in total. The molecule has 2 rings (SSSR count). The molecule has 0 radical (unpaired) electrons. The van der Waals surface area contributed by atoms with Crippen LogP contribution in [0, 0.1) is 0 Å². The number of methoxy groups -OCH3 is 1. The van der Waals surface area contributed by atoms with Crippen LogP contribution in [0.1, 0.15) is 18.1 Å². The SMILES string of the molecule is CCNC(=NCc1ccnc(N(C)C)c1)NCc1cc(OC)ccc1OC(F)F. The van der Waals surface area contributed by atoms with Crippen molar-refractivity contribution < 1.29 is 18.3 Å². The van der Waals surface area contributed by atoms with Crippen molar-refractivity contribution in [3.8, 4) is 11.5 Å². The number of anilines is 1. The summed E-state index contributed by atoms with van der Waals surface area (Å²) in [5, 5.41) is 6.28. The lowest BCUT2D eigenvalue weighted by Crippen LogP contribution is -2.36. The predicted molar refractivity (Wildman–Crippen MR) is 110 cm³/mol. The van der Waals surface area contributed by atoms with Crippen molar-refractivity contribution in [3.63, 3.8) is 0 Å². The Balaban J connectivity index is 2.12. The number of ether oxygens (including phenoxy) is 2. The number of nitrogens with zero attached hydrogens (tertiary/aromatic N) is 3. The lowest BCUT2D eigenvalue weighted by Gasteiger charge is -2.15. The van der Waals surface area contributed by atoms with E-state index < -0.39 is 6.61 Å². The predicted octanol–water partition coefficient (Wildman–Crippen LogP) is 3.01. The molecule has 1 aromatic carbocycles. The summed E-state index contributed by atoms with van der Waals surface area (Å²) in [5.74, 6) is 2.05. The highest BCUT2D eigenvalue weighted by atomic mass is 19.3. The molecule has 0 amide bonds. The highest BCUT2D eigenvalue weighted by Gasteiger charge is 2.11. The second-order valence-corrected chi connectivity index (χ2v) is 6.32. The van der Waals surface area contributed by atoms with Gasteiger partial charge in [-0.1, -0.05) is 0 Å². The largest absolute Gasteiger partial charge is 0.497 e. The molecule has 0 aliphatic carbocycles. The lowest BCUT2D eigenvalue weighted by atomic mass is 10.2. The maximum absolute atomic E-state index is 12.7. The summed E-state index contributed by atoms with van der Waals surface area (Å²) in [6.45, 7) is 0.386. The number of nitrogens with one attached hydrogen (secondary N) is 2. The Morgan fingerprint density at radius 1 is 1.21 bits per heavy atom. The van der Waals surface area contributed by atoms with Crippen molar-refractivity contribution >= 4 is 11.8 Å². The van der Waals surface area contributed by atoms with Crippen LogP contribution in [0.25, 0.3) is 0 Å². The van der Waals surface area contributed by atoms with Gasteiger partial charge < -0.3 is 25.0 Å². The molecule has 7 nitrogen and oxygen atoms in total. The van der Waals surface area contributed by atoms with Gasteiger partial charge in [0.1, 0.15) is 17.3 Å². The first-order valence-electron chi connectivity index (χ1n) is 9.19. The molecule has 0 unspecified atom stereocenters. The van der Waals surface area contributed by atoms with Crippen molar-refractivity contribution in [1.82, 2.24) is 15.6 Å². The maximum atomic E-state index is 12.7. The fourth-order valence-corrected chi connectivity index (χ4v) is 2.53. The molecule has 0 spiro atoms. The number of hydrogen-bond acceptors (Lipinski definition) is 5. The summed E-state index contributed by atoms with van der Waals surface area (Å²) >= 11 is 0. The van der Waals surface area contributed by atoms with Crippen molar-refractivity contribution in [2.75, 3.05) is 32.6 Å². The minimum atomic E-state index is -2.90. The van der Waals surface area contributed by atoms with Crippen LogP contribution in [0.3, 0.4) is 0 Å². The van der Waals surface area contributed by atoms with Crippen LogP contribution in [-0.2, 0) is 13.1 Å². The van der Waals surface area contributed by atoms with Gasteiger partial charge in [0, 0.05) is 38.9 Å². The number of halogens is 2. The normalized spacial score (nSPS) is 11.3. The number of benzene rings is 1. The molecule has 9 heteroatoms. The van der Waals surface area contributed by atoms with Gasteiger partial charge >= 0.3 is 6.61 Å². The quantitative estimate of drug-likeness (QED) is 0.492. The standard InChI is InChI=1S/C20H27F2N5O2/c1-5-23-20(25-12-14-8-9-24-18(10-14)27(2)3)26-13-15-11-16(28-4)6-7-17(15)29-19(21)22/h6-11,19H,5,12-13H2,1-4H3,(H2,23,25,26). The van der Waals surface area contributed by atoms with Crippen LogP contribution in [0.15, 0.2) is 41.5 Å². The Labute approximate surface area is 169 Å². The molecular formula is C20H27F2N5O2. The Morgan fingerprint density at radius 3 is 2.66 bits per heavy atom. The zero-order valence-corrected chi connectivity index (χ0v) is 17.1. The summed E-state index contributed by atoms with van der Waals surface area (Å²) in [5.41, 5.74) is 1.54. The Hall–Kier alpha value is -3.10. The lowest BCUT2D eigenvalue weighted by molar-refractivity contribution is -0.0504. The fraction of sp³-hybridized carbons (Fsp3) is 0.400. The van der Waals surface area contributed by atoms with E-state index in [0.29, 0.717) is 30.4 Å². The zero-order valence-electron chi connectivity index (χ0n) is 17.1. The van der Waals surface area contributed by atoms with E-state index in [4.69, 9.17) is 4.74 Å². The molecule has 29 heavy (non-hydrogen) atoms. The van der Waals surface area contributed by atoms with Crippen LogP contribution in [0.2, 0.25) is 0 Å². The molecular weight excluding hydrogens is 380 g/mol. The smallest absolute Gasteiger partial charge is 0.387 e. The number of alkyl halides is 2. The minimum absolute atomic E-state index is 0.0916. The van der Waals surface area contributed by atoms with Crippen molar-refractivity contribution in [2.45, 2.75) is 26.6 Å². The van der Waals surface area contributed by atoms with E-state index >= 15 is 0 Å². The Kier molecular flexibility index (Phi) is 8.45. The van der Waals surface area contributed by atoms with Crippen LogP contribution in [0.5, 0.6) is 11.5 Å². The highest BCUT2D eigenvalue weighted by molar-refractivity contribution is 5.79. The van der Waals surface area contributed by atoms with E-state index in [2.05, 4.69) is 25.3 Å². The van der Waals surface area contributed by atoms with Crippen molar-refractivity contribution in [2.24, 2.45) is 4.99 Å². The highest BCUT2D eigenvalue weighted by Crippen LogP contribution is 2.25. The van der Waals surface area contributed by atoms with E-state index in [1.807, 2.05) is 38.1 Å². The number of aromatic nitrogens is 1. The molecule has 0 atom stereocenters. The van der Waals surface area contributed by atoms with Gasteiger partial charge in [0.25, 0.3) is 0 Å². The van der Waals surface area contributed by atoms with Gasteiger partial charge in [0.2, 0.25) is 0 Å². The summed E-state index contributed by atoms with van der Waals surface area (Å²) in [6, 6.07) is 8.55. The first kappa shape index (κ1) is 22.2. The average molecular weight is 407 g/mol. The molecule has 0 aliphatic heterocycles. The minimum Gasteiger partial charge on any atom is -0.497 e. The molecule has 158 valence electrons. The summed E-state index contributed by atoms with van der Waals surface area (Å²) in [6.07, 6.45) is 1.74. The van der Waals surface area contributed by atoms with Crippen LogP contribution in [-0.4, -0.2) is 45.3 Å². The van der Waals surface area contributed by atoms with Crippen molar-refractivity contribution in [1.29, 1.82) is 0 Å². The molecule has 0 saturated heterocycles. The Morgan fingerprint density at radius 2 is 2.00 bits per heavy atom. The molecule has 0 fully saturated rings. The average Bonchev–Trinajstić information content (AvgIpc) is 2.70. The molecule has 1 heterocycles. The zero-order chi connectivity index (χ0) is 21.2. The van der Waals surface area contributed by atoms with E-state index in [-0.39, 0.29) is 12.3 Å². The molecule has 0 aliphatic rings. The third-order valence-corrected chi connectivity index (χ3v) is 3.96. The van der Waals surface area contributed by atoms with Gasteiger partial charge in [-0.3, -0.25) is 0 Å². The van der Waals surface area contributed by atoms with Gasteiger partial charge in [0.05, 0.1) is 13.7 Å². The molecule has 0 bridgehead atoms. The maximum Gasteiger partial charge on any atom is 0.387 e.